The van der Waals surface area contributed by atoms with Gasteiger partial charge in [-0.1, -0.05) is 61.0 Å². The molecular weight excluding hydrogens is 687 g/mol. The molecule has 3 N–H and O–H groups in total. The van der Waals surface area contributed by atoms with Gasteiger partial charge in [-0.3, -0.25) is 9.69 Å². The van der Waals surface area contributed by atoms with Crippen LogP contribution in [-0.4, -0.2) is 70.1 Å². The van der Waals surface area contributed by atoms with E-state index in [0.29, 0.717) is 50.3 Å². The van der Waals surface area contributed by atoms with E-state index in [1.165, 1.54) is 44.1 Å². The lowest BCUT2D eigenvalue weighted by Crippen LogP contribution is -2.57. The van der Waals surface area contributed by atoms with E-state index in [4.69, 9.17) is 9.15 Å². The van der Waals surface area contributed by atoms with Crippen LogP contribution in [0.3, 0.4) is 0 Å². The number of hydrogen-bond donors (Lipinski definition) is 3. The van der Waals surface area contributed by atoms with Crippen LogP contribution in [0, 0.1) is 28.6 Å². The minimum Gasteiger partial charge on any atom is -0.461 e. The molecule has 5 atom stereocenters. The summed E-state index contributed by atoms with van der Waals surface area (Å²) in [4.78, 5) is 16.6. The lowest BCUT2D eigenvalue weighted by Gasteiger charge is -2.58. The Hall–Kier alpha value is -3.07. The number of allylic oxidation sites excluding steroid dienone is 2. The molecule has 0 amide bonds. The van der Waals surface area contributed by atoms with Crippen LogP contribution in [0.1, 0.15) is 130 Å². The van der Waals surface area contributed by atoms with E-state index in [1.54, 1.807) is 18.4 Å². The molecule has 7 aliphatic carbocycles. The first-order chi connectivity index (χ1) is 26.5. The second-order valence-electron chi connectivity index (χ2n) is 19.0. The second kappa shape index (κ2) is 16.1. The molecule has 0 spiro atoms. The summed E-state index contributed by atoms with van der Waals surface area (Å²) in [5.41, 5.74) is 3.49. The average molecular weight is 750 g/mol. The number of benzene rings is 2. The maximum Gasteiger partial charge on any atom is 0.228 e. The number of carbonyl (C=O) groups is 1. The highest BCUT2D eigenvalue weighted by atomic mass is 16.5. The van der Waals surface area contributed by atoms with Crippen molar-refractivity contribution in [2.75, 3.05) is 26.2 Å². The second-order valence-corrected chi connectivity index (χ2v) is 19.0. The van der Waals surface area contributed by atoms with Crippen molar-refractivity contribution >= 4 is 5.78 Å². The van der Waals surface area contributed by atoms with Crippen molar-refractivity contribution in [3.8, 4) is 0 Å². The Morgan fingerprint density at radius 3 is 2.42 bits per heavy atom. The van der Waals surface area contributed by atoms with Crippen LogP contribution < -0.4 is 0 Å². The molecule has 296 valence electrons. The lowest BCUT2D eigenvalue weighted by molar-refractivity contribution is -0.115. The molecule has 5 saturated carbocycles. The van der Waals surface area contributed by atoms with Gasteiger partial charge >= 0.3 is 0 Å². The van der Waals surface area contributed by atoms with E-state index in [-0.39, 0.29) is 23.7 Å². The van der Waals surface area contributed by atoms with Gasteiger partial charge in [0.05, 0.1) is 37.3 Å². The van der Waals surface area contributed by atoms with Gasteiger partial charge in [0.25, 0.3) is 0 Å². The van der Waals surface area contributed by atoms with Gasteiger partial charge in [0.1, 0.15) is 0 Å². The first-order valence-electron chi connectivity index (χ1n) is 21.3. The highest BCUT2D eigenvalue weighted by molar-refractivity contribution is 6.08. The van der Waals surface area contributed by atoms with Gasteiger partial charge in [-0.15, -0.1) is 0 Å². The Kier molecular flexibility index (Phi) is 11.3. The number of carbonyl (C=O) groups excluding carboxylic acids is 1. The molecule has 5 fully saturated rings. The number of fused-ring (bicyclic) bond motifs is 8. The van der Waals surface area contributed by atoms with Crippen LogP contribution in [0.5, 0.6) is 0 Å². The van der Waals surface area contributed by atoms with Crippen molar-refractivity contribution in [1.82, 2.24) is 4.90 Å². The summed E-state index contributed by atoms with van der Waals surface area (Å²) in [6.07, 6.45) is 15.5. The summed E-state index contributed by atoms with van der Waals surface area (Å²) in [5, 5.41) is 35.9. The minimum absolute atomic E-state index is 0.0671. The van der Waals surface area contributed by atoms with E-state index in [0.717, 1.165) is 66.7 Å². The fourth-order valence-corrected chi connectivity index (χ4v) is 12.5. The third kappa shape index (κ3) is 8.34. The highest BCUT2D eigenvalue weighted by Gasteiger charge is 2.58. The van der Waals surface area contributed by atoms with E-state index < -0.39 is 23.2 Å². The number of aliphatic hydroxyl groups is 3. The summed E-state index contributed by atoms with van der Waals surface area (Å²) in [6, 6.07) is 19.7. The predicted molar refractivity (Wildman–Crippen MR) is 215 cm³/mol. The van der Waals surface area contributed by atoms with Gasteiger partial charge in [-0.25, -0.2) is 0 Å². The quantitative estimate of drug-likeness (QED) is 0.126. The van der Waals surface area contributed by atoms with E-state index in [9.17, 15) is 20.1 Å². The van der Waals surface area contributed by atoms with E-state index >= 15 is 0 Å². The first kappa shape index (κ1) is 38.8. The van der Waals surface area contributed by atoms with Crippen molar-refractivity contribution in [1.29, 1.82) is 0 Å². The standard InChI is InChI=1S/C48H63NO6/c1-33-8-6-17-46(2)43(41-15-13-35(23-39(50)14-12-33)24-42(41)45(52)44-11-7-19-55-44)16-18-48(46,53)32-49(28-40(51)30-54-29-34-9-4-3-5-10-34)31-47-25-36-20-37(26-47)22-38(21-36)27-47/h3-5,7-11,13,15,19,24,36-40,43,50-51,53H,6,12,14,16-18,20-23,25-32H2,1-2H3. The number of hydrogen-bond acceptors (Lipinski definition) is 7. The van der Waals surface area contributed by atoms with Crippen LogP contribution >= 0.6 is 0 Å². The average Bonchev–Trinajstić information content (AvgIpc) is 3.77. The maximum atomic E-state index is 14.2. The molecule has 7 aliphatic rings. The van der Waals surface area contributed by atoms with Crippen LogP contribution in [0.15, 0.2) is 83.0 Å². The van der Waals surface area contributed by atoms with Gasteiger partial charge in [-0.05, 0) is 154 Å². The van der Waals surface area contributed by atoms with Crippen molar-refractivity contribution in [3.05, 3.63) is 107 Å². The Balaban J connectivity index is 1.11. The first-order valence-corrected chi connectivity index (χ1v) is 21.3. The van der Waals surface area contributed by atoms with Crippen LogP contribution in [0.25, 0.3) is 0 Å². The number of ketones is 1. The Morgan fingerprint density at radius 1 is 0.964 bits per heavy atom. The van der Waals surface area contributed by atoms with Crippen LogP contribution in [0.2, 0.25) is 0 Å². The van der Waals surface area contributed by atoms with Crippen molar-refractivity contribution < 1.29 is 29.3 Å². The Bertz CT molecular complexity index is 1770. The maximum absolute atomic E-state index is 14.2. The summed E-state index contributed by atoms with van der Waals surface area (Å²) in [6.45, 7) is 6.95. The monoisotopic (exact) mass is 749 g/mol. The van der Waals surface area contributed by atoms with Gasteiger partial charge in [0.2, 0.25) is 5.78 Å². The SMILES string of the molecule is CC1=CCCC2(C)C(CCC2(O)CN(CC(O)COCc2ccccc2)CC23CC4CC(CC(C4)C2)C3)c2ccc(cc2C(=O)c2ccco2)CC(O)CC1. The minimum atomic E-state index is -1.05. The Morgan fingerprint density at radius 2 is 1.71 bits per heavy atom. The number of aliphatic hydroxyl groups excluding tert-OH is 2. The van der Waals surface area contributed by atoms with Crippen molar-refractivity contribution in [2.45, 2.75) is 128 Å². The van der Waals surface area contributed by atoms with Gasteiger partial charge < -0.3 is 24.5 Å². The van der Waals surface area contributed by atoms with Crippen LogP contribution in [-0.2, 0) is 17.8 Å². The molecule has 7 nitrogen and oxygen atoms in total. The topological polar surface area (TPSA) is 103 Å². The molecule has 0 saturated heterocycles. The molecule has 1 aromatic heterocycles. The molecule has 0 radical (unpaired) electrons. The highest BCUT2D eigenvalue weighted by Crippen LogP contribution is 2.62. The zero-order valence-corrected chi connectivity index (χ0v) is 33.1. The predicted octanol–water partition coefficient (Wildman–Crippen LogP) is 8.65. The zero-order valence-electron chi connectivity index (χ0n) is 33.1. The number of furan rings is 1. The van der Waals surface area contributed by atoms with E-state index in [1.807, 2.05) is 36.4 Å². The smallest absolute Gasteiger partial charge is 0.228 e. The molecule has 6 bridgehead atoms. The lowest BCUT2D eigenvalue weighted by atomic mass is 9.49. The molecule has 3 aromatic rings. The Labute approximate surface area is 328 Å². The van der Waals surface area contributed by atoms with E-state index in [2.05, 4.69) is 37.0 Å². The molecule has 1 heterocycles. The number of rotatable bonds is 12. The molecular formula is C48H63NO6. The number of nitrogens with zero attached hydrogens (tertiary/aromatic N) is 1. The third-order valence-electron chi connectivity index (χ3n) is 14.8. The summed E-state index contributed by atoms with van der Waals surface area (Å²) in [7, 11) is 0. The normalized spacial score (nSPS) is 33.7. The molecule has 2 aromatic carbocycles. The van der Waals surface area contributed by atoms with Gasteiger partial charge in [-0.2, -0.15) is 0 Å². The van der Waals surface area contributed by atoms with Crippen molar-refractivity contribution in [2.24, 2.45) is 28.6 Å². The zero-order chi connectivity index (χ0) is 38.2. The number of ether oxygens (including phenoxy) is 1. The molecule has 10 rings (SSSR count). The molecule has 0 aliphatic heterocycles. The molecule has 7 heteroatoms. The van der Waals surface area contributed by atoms with Gasteiger partial charge in [0.15, 0.2) is 5.76 Å². The summed E-state index contributed by atoms with van der Waals surface area (Å²) >= 11 is 0. The molecule has 55 heavy (non-hydrogen) atoms. The fraction of sp³-hybridized carbons (Fsp3) is 0.604. The largest absolute Gasteiger partial charge is 0.461 e. The fourth-order valence-electron chi connectivity index (χ4n) is 12.5. The van der Waals surface area contributed by atoms with Gasteiger partial charge in [0, 0.05) is 30.6 Å². The summed E-state index contributed by atoms with van der Waals surface area (Å²) < 4.78 is 11.7. The van der Waals surface area contributed by atoms with Crippen LogP contribution in [0.4, 0.5) is 0 Å². The van der Waals surface area contributed by atoms with Crippen molar-refractivity contribution in [3.63, 3.8) is 0 Å². The molecule has 5 unspecified atom stereocenters. The third-order valence-corrected chi connectivity index (χ3v) is 14.8. The summed E-state index contributed by atoms with van der Waals surface area (Å²) in [5.74, 6) is 2.52.